The molecule has 4 heteroatoms. The summed E-state index contributed by atoms with van der Waals surface area (Å²) in [5.74, 6) is 1.87. The lowest BCUT2D eigenvalue weighted by molar-refractivity contribution is 0.438. The van der Waals surface area contributed by atoms with E-state index < -0.39 is 0 Å². The maximum atomic E-state index is 4.64. The summed E-state index contributed by atoms with van der Waals surface area (Å²) >= 11 is 1.78. The molecule has 2 aromatic heterocycles. The van der Waals surface area contributed by atoms with Crippen LogP contribution in [0, 0.1) is 0 Å². The van der Waals surface area contributed by atoms with Crippen LogP contribution in [0.5, 0.6) is 0 Å². The van der Waals surface area contributed by atoms with E-state index in [-0.39, 0.29) is 0 Å². The largest absolute Gasteiger partial charge is 0.330 e. The van der Waals surface area contributed by atoms with Gasteiger partial charge in [-0.15, -0.1) is 11.3 Å². The molecule has 3 rings (SSSR count). The molecule has 1 fully saturated rings. The van der Waals surface area contributed by atoms with E-state index in [1.165, 1.54) is 29.2 Å². The minimum atomic E-state index is 0.620. The van der Waals surface area contributed by atoms with E-state index >= 15 is 0 Å². The lowest BCUT2D eigenvalue weighted by Crippen LogP contribution is -2.27. The zero-order valence-corrected chi connectivity index (χ0v) is 10.8. The van der Waals surface area contributed by atoms with Crippen molar-refractivity contribution < 1.29 is 0 Å². The summed E-state index contributed by atoms with van der Waals surface area (Å²) in [7, 11) is 2.14. The molecule has 90 valence electrons. The number of nitrogens with zero attached hydrogens (tertiary/aromatic N) is 2. The molecule has 0 aliphatic carbocycles. The lowest BCUT2D eigenvalue weighted by Gasteiger charge is -2.22. The highest BCUT2D eigenvalue weighted by molar-refractivity contribution is 7.13. The van der Waals surface area contributed by atoms with Crippen molar-refractivity contribution in [1.82, 2.24) is 14.9 Å². The first-order valence-electron chi connectivity index (χ1n) is 6.12. The number of hydrogen-bond acceptors (Lipinski definition) is 3. The van der Waals surface area contributed by atoms with Crippen molar-refractivity contribution in [1.29, 1.82) is 0 Å². The Morgan fingerprint density at radius 3 is 2.94 bits per heavy atom. The van der Waals surface area contributed by atoms with Gasteiger partial charge in [-0.25, -0.2) is 4.98 Å². The molecule has 0 atom stereocenters. The highest BCUT2D eigenvalue weighted by atomic mass is 32.1. The molecule has 3 heterocycles. The molecule has 0 bridgehead atoms. The Hall–Kier alpha value is -1.13. The van der Waals surface area contributed by atoms with Gasteiger partial charge in [-0.2, -0.15) is 0 Å². The predicted octanol–water partition coefficient (Wildman–Crippen LogP) is 2.62. The van der Waals surface area contributed by atoms with Gasteiger partial charge < -0.3 is 9.88 Å². The summed E-state index contributed by atoms with van der Waals surface area (Å²) in [6.07, 6.45) is 4.42. The van der Waals surface area contributed by atoms with Crippen LogP contribution in [0.2, 0.25) is 0 Å². The standard InChI is InChI=1S/C13H17N3S/c1-16-11(12-3-2-8-17-12)9-15-13(16)10-4-6-14-7-5-10/h2-3,8-10,14H,4-7H2,1H3. The van der Waals surface area contributed by atoms with Crippen molar-refractivity contribution >= 4 is 11.3 Å². The molecular weight excluding hydrogens is 230 g/mol. The third-order valence-corrected chi connectivity index (χ3v) is 4.39. The molecule has 1 saturated heterocycles. The maximum Gasteiger partial charge on any atom is 0.112 e. The number of hydrogen-bond donors (Lipinski definition) is 1. The molecular formula is C13H17N3S. The van der Waals surface area contributed by atoms with Gasteiger partial charge in [0.2, 0.25) is 0 Å². The van der Waals surface area contributed by atoms with E-state index in [0.717, 1.165) is 13.1 Å². The van der Waals surface area contributed by atoms with E-state index in [1.54, 1.807) is 11.3 Å². The Morgan fingerprint density at radius 2 is 2.24 bits per heavy atom. The van der Waals surface area contributed by atoms with Gasteiger partial charge in [-0.05, 0) is 37.4 Å². The second-order valence-corrected chi connectivity index (χ2v) is 5.51. The monoisotopic (exact) mass is 247 g/mol. The fourth-order valence-corrected chi connectivity index (χ4v) is 3.31. The number of thiophene rings is 1. The molecule has 0 saturated carbocycles. The van der Waals surface area contributed by atoms with Gasteiger partial charge in [0.25, 0.3) is 0 Å². The normalized spacial score (nSPS) is 17.5. The second kappa shape index (κ2) is 4.63. The third kappa shape index (κ3) is 2.03. The highest BCUT2D eigenvalue weighted by Gasteiger charge is 2.20. The maximum absolute atomic E-state index is 4.64. The van der Waals surface area contributed by atoms with Gasteiger partial charge in [0.15, 0.2) is 0 Å². The third-order valence-electron chi connectivity index (χ3n) is 3.50. The van der Waals surface area contributed by atoms with Crippen LogP contribution in [-0.4, -0.2) is 22.6 Å². The van der Waals surface area contributed by atoms with Crippen LogP contribution in [-0.2, 0) is 7.05 Å². The van der Waals surface area contributed by atoms with Crippen molar-refractivity contribution in [2.45, 2.75) is 18.8 Å². The summed E-state index contributed by atoms with van der Waals surface area (Å²) in [6, 6.07) is 4.26. The van der Waals surface area contributed by atoms with Crippen LogP contribution >= 0.6 is 11.3 Å². The topological polar surface area (TPSA) is 29.9 Å². The van der Waals surface area contributed by atoms with Gasteiger partial charge in [-0.1, -0.05) is 6.07 Å². The second-order valence-electron chi connectivity index (χ2n) is 4.56. The SMILES string of the molecule is Cn1c(-c2cccs2)cnc1C1CCNCC1. The molecule has 3 nitrogen and oxygen atoms in total. The van der Waals surface area contributed by atoms with E-state index in [0.29, 0.717) is 5.92 Å². The Balaban J connectivity index is 1.92. The first-order valence-corrected chi connectivity index (χ1v) is 7.00. The van der Waals surface area contributed by atoms with Crippen molar-refractivity contribution in [3.8, 4) is 10.6 Å². The van der Waals surface area contributed by atoms with Crippen molar-refractivity contribution in [2.24, 2.45) is 7.05 Å². The molecule has 17 heavy (non-hydrogen) atoms. The van der Waals surface area contributed by atoms with Crippen LogP contribution in [0.4, 0.5) is 0 Å². The van der Waals surface area contributed by atoms with Crippen molar-refractivity contribution in [3.63, 3.8) is 0 Å². The highest BCUT2D eigenvalue weighted by Crippen LogP contribution is 2.30. The first kappa shape index (κ1) is 11.0. The van der Waals surface area contributed by atoms with Gasteiger partial charge in [0.05, 0.1) is 16.8 Å². The minimum Gasteiger partial charge on any atom is -0.330 e. The van der Waals surface area contributed by atoms with Gasteiger partial charge >= 0.3 is 0 Å². The molecule has 1 aliphatic rings. The summed E-state index contributed by atoms with van der Waals surface area (Å²) < 4.78 is 2.27. The Bertz CT molecular complexity index is 481. The fourth-order valence-electron chi connectivity index (χ4n) is 2.54. The Labute approximate surface area is 106 Å². The van der Waals surface area contributed by atoms with Gasteiger partial charge in [-0.3, -0.25) is 0 Å². The van der Waals surface area contributed by atoms with Crippen LogP contribution in [0.3, 0.4) is 0 Å². The fraction of sp³-hybridized carbons (Fsp3) is 0.462. The van der Waals surface area contributed by atoms with E-state index in [4.69, 9.17) is 0 Å². The Morgan fingerprint density at radius 1 is 1.41 bits per heavy atom. The molecule has 1 aliphatic heterocycles. The first-order chi connectivity index (χ1) is 8.36. The molecule has 0 radical (unpaired) electrons. The molecule has 0 unspecified atom stereocenters. The van der Waals surface area contributed by atoms with Crippen molar-refractivity contribution in [3.05, 3.63) is 29.5 Å². The average Bonchev–Trinajstić information content (AvgIpc) is 2.99. The predicted molar refractivity (Wildman–Crippen MR) is 71.4 cm³/mol. The van der Waals surface area contributed by atoms with Crippen molar-refractivity contribution in [2.75, 3.05) is 13.1 Å². The minimum absolute atomic E-state index is 0.620. The summed E-state index contributed by atoms with van der Waals surface area (Å²) in [5, 5.41) is 5.52. The summed E-state index contributed by atoms with van der Waals surface area (Å²) in [4.78, 5) is 5.94. The van der Waals surface area contributed by atoms with Crippen LogP contribution in [0.25, 0.3) is 10.6 Å². The van der Waals surface area contributed by atoms with Crippen LogP contribution < -0.4 is 5.32 Å². The van der Waals surface area contributed by atoms with E-state index in [9.17, 15) is 0 Å². The average molecular weight is 247 g/mol. The summed E-state index contributed by atoms with van der Waals surface area (Å²) in [6.45, 7) is 2.23. The van der Waals surface area contributed by atoms with E-state index in [1.807, 2.05) is 6.20 Å². The van der Waals surface area contributed by atoms with Crippen LogP contribution in [0.1, 0.15) is 24.6 Å². The van der Waals surface area contributed by atoms with Gasteiger partial charge in [0.1, 0.15) is 5.82 Å². The number of imidazole rings is 1. The number of rotatable bonds is 2. The summed E-state index contributed by atoms with van der Waals surface area (Å²) in [5.41, 5.74) is 1.24. The molecule has 1 N–H and O–H groups in total. The van der Waals surface area contributed by atoms with Crippen LogP contribution in [0.15, 0.2) is 23.7 Å². The number of piperidine rings is 1. The Kier molecular flexibility index (Phi) is 2.99. The zero-order valence-electron chi connectivity index (χ0n) is 10.0. The number of nitrogens with one attached hydrogen (secondary N) is 1. The van der Waals surface area contributed by atoms with E-state index in [2.05, 4.69) is 39.4 Å². The molecule has 0 aromatic carbocycles. The van der Waals surface area contributed by atoms with Gasteiger partial charge in [0, 0.05) is 13.0 Å². The molecule has 0 amide bonds. The lowest BCUT2D eigenvalue weighted by atomic mass is 9.97. The zero-order chi connectivity index (χ0) is 11.7. The molecule has 0 spiro atoms. The quantitative estimate of drug-likeness (QED) is 0.884. The smallest absolute Gasteiger partial charge is 0.112 e. The molecule has 2 aromatic rings. The number of aromatic nitrogens is 2.